The molecule has 0 N–H and O–H groups in total. The first-order valence-corrected chi connectivity index (χ1v) is 4.71. The molecule has 0 fully saturated rings. The van der Waals surface area contributed by atoms with Crippen molar-refractivity contribution in [2.24, 2.45) is 0 Å². The van der Waals surface area contributed by atoms with Crippen molar-refractivity contribution in [3.05, 3.63) is 38.0 Å². The summed E-state index contributed by atoms with van der Waals surface area (Å²) in [5.74, 6) is -0.0434. The molecule has 82 valence electrons. The van der Waals surface area contributed by atoms with E-state index in [1.165, 1.54) is 6.08 Å². The van der Waals surface area contributed by atoms with Crippen LogP contribution in [-0.4, -0.2) is 24.4 Å². The molecule has 0 aliphatic carbocycles. The molecule has 0 radical (unpaired) electrons. The van der Waals surface area contributed by atoms with E-state index in [0.717, 1.165) is 0 Å². The fourth-order valence-corrected chi connectivity index (χ4v) is 0.509. The zero-order valence-corrected chi connectivity index (χ0v) is 9.92. The molecule has 2 heteroatoms. The van der Waals surface area contributed by atoms with Crippen molar-refractivity contribution < 1.29 is 4.79 Å². The van der Waals surface area contributed by atoms with E-state index in [9.17, 15) is 4.79 Å². The Balaban J connectivity index is -0.000000266. The Kier molecular flexibility index (Phi) is 23.3. The number of carbonyl (C=O) groups is 1. The van der Waals surface area contributed by atoms with E-state index in [4.69, 9.17) is 0 Å². The lowest BCUT2D eigenvalue weighted by molar-refractivity contribution is -0.124. The molecule has 0 spiro atoms. The van der Waals surface area contributed by atoms with Crippen LogP contribution < -0.4 is 0 Å². The smallest absolute Gasteiger partial charge is 0.245 e. The third-order valence-electron chi connectivity index (χ3n) is 1.17. The SMILES string of the molecule is C=C.C=CC(=O)N(C)C/C=C\C.CC. The number of amides is 1. The molecule has 0 saturated carbocycles. The molecule has 1 amide bonds. The summed E-state index contributed by atoms with van der Waals surface area (Å²) in [4.78, 5) is 12.4. The van der Waals surface area contributed by atoms with Gasteiger partial charge in [0.15, 0.2) is 0 Å². The third kappa shape index (κ3) is 13.3. The molecular weight excluding hydrogens is 174 g/mol. The molecular formula is C12H23NO. The van der Waals surface area contributed by atoms with Gasteiger partial charge in [0.2, 0.25) is 5.91 Å². The van der Waals surface area contributed by atoms with Crippen molar-refractivity contribution in [3.63, 3.8) is 0 Å². The summed E-state index contributed by atoms with van der Waals surface area (Å²) in [7, 11) is 1.74. The van der Waals surface area contributed by atoms with Crippen molar-refractivity contribution in [1.82, 2.24) is 4.90 Å². The fourth-order valence-electron chi connectivity index (χ4n) is 0.509. The van der Waals surface area contributed by atoms with Gasteiger partial charge in [0.1, 0.15) is 0 Å². The molecule has 0 unspecified atom stereocenters. The summed E-state index contributed by atoms with van der Waals surface area (Å²) >= 11 is 0. The van der Waals surface area contributed by atoms with E-state index >= 15 is 0 Å². The first kappa shape index (κ1) is 18.5. The summed E-state index contributed by atoms with van der Waals surface area (Å²) in [5, 5.41) is 0. The predicted octanol–water partition coefficient (Wildman–Crippen LogP) is 3.04. The Morgan fingerprint density at radius 1 is 1.36 bits per heavy atom. The van der Waals surface area contributed by atoms with Gasteiger partial charge in [0.05, 0.1) is 0 Å². The normalized spacial score (nSPS) is 7.71. The summed E-state index contributed by atoms with van der Waals surface area (Å²) in [5.41, 5.74) is 0. The van der Waals surface area contributed by atoms with Gasteiger partial charge in [0, 0.05) is 13.6 Å². The van der Waals surface area contributed by atoms with Crippen molar-refractivity contribution >= 4 is 5.91 Å². The Labute approximate surface area is 88.6 Å². The van der Waals surface area contributed by atoms with Crippen LogP contribution in [0.15, 0.2) is 38.0 Å². The molecule has 0 aromatic heterocycles. The fraction of sp³-hybridized carbons (Fsp3) is 0.417. The average Bonchev–Trinajstić information content (AvgIpc) is 2.30. The quantitative estimate of drug-likeness (QED) is 0.503. The molecule has 0 aromatic carbocycles. The number of rotatable bonds is 3. The van der Waals surface area contributed by atoms with Gasteiger partial charge in [-0.15, -0.1) is 13.2 Å². The predicted molar refractivity (Wildman–Crippen MR) is 65.3 cm³/mol. The minimum atomic E-state index is -0.0434. The number of allylic oxidation sites excluding steroid dienone is 1. The van der Waals surface area contributed by atoms with E-state index in [2.05, 4.69) is 19.7 Å². The Morgan fingerprint density at radius 2 is 1.79 bits per heavy atom. The zero-order chi connectivity index (χ0) is 12.0. The molecule has 0 aliphatic rings. The molecule has 0 aliphatic heterocycles. The van der Waals surface area contributed by atoms with Crippen LogP contribution in [0.1, 0.15) is 20.8 Å². The zero-order valence-electron chi connectivity index (χ0n) is 9.92. The van der Waals surface area contributed by atoms with Crippen LogP contribution >= 0.6 is 0 Å². The highest BCUT2D eigenvalue weighted by Gasteiger charge is 1.98. The standard InChI is InChI=1S/C8H13NO.C2H6.C2H4/c1-4-6-7-9(3)8(10)5-2;2*1-2/h4-6H,2,7H2,1,3H3;1-2H3;1-2H2/b6-4-;;. The molecule has 0 saturated heterocycles. The van der Waals surface area contributed by atoms with E-state index in [1.54, 1.807) is 11.9 Å². The van der Waals surface area contributed by atoms with Gasteiger partial charge >= 0.3 is 0 Å². The minimum Gasteiger partial charge on any atom is -0.339 e. The molecule has 0 aromatic rings. The lowest BCUT2D eigenvalue weighted by atomic mass is 10.4. The van der Waals surface area contributed by atoms with Gasteiger partial charge in [-0.3, -0.25) is 4.79 Å². The number of nitrogens with zero attached hydrogens (tertiary/aromatic N) is 1. The molecule has 0 atom stereocenters. The van der Waals surface area contributed by atoms with Gasteiger partial charge in [-0.1, -0.05) is 32.6 Å². The summed E-state index contributed by atoms with van der Waals surface area (Å²) in [6.45, 7) is 16.0. The van der Waals surface area contributed by atoms with Gasteiger partial charge in [-0.05, 0) is 13.0 Å². The van der Waals surface area contributed by atoms with Crippen molar-refractivity contribution in [1.29, 1.82) is 0 Å². The van der Waals surface area contributed by atoms with E-state index in [-0.39, 0.29) is 5.91 Å². The van der Waals surface area contributed by atoms with Crippen LogP contribution in [0.5, 0.6) is 0 Å². The van der Waals surface area contributed by atoms with Crippen LogP contribution in [0.3, 0.4) is 0 Å². The Morgan fingerprint density at radius 3 is 2.07 bits per heavy atom. The van der Waals surface area contributed by atoms with Crippen molar-refractivity contribution in [3.8, 4) is 0 Å². The second kappa shape index (κ2) is 17.7. The van der Waals surface area contributed by atoms with Gasteiger partial charge < -0.3 is 4.90 Å². The van der Waals surface area contributed by atoms with E-state index in [1.807, 2.05) is 32.9 Å². The molecule has 14 heavy (non-hydrogen) atoms. The van der Waals surface area contributed by atoms with Crippen LogP contribution in [0.2, 0.25) is 0 Å². The Bertz CT molecular complexity index is 162. The number of likely N-dealkylation sites (N-methyl/N-ethyl adjacent to an activating group) is 1. The average molecular weight is 197 g/mol. The van der Waals surface area contributed by atoms with Crippen LogP contribution in [0.25, 0.3) is 0 Å². The van der Waals surface area contributed by atoms with Gasteiger partial charge in [-0.2, -0.15) is 0 Å². The maximum atomic E-state index is 10.8. The van der Waals surface area contributed by atoms with Crippen LogP contribution in [0.4, 0.5) is 0 Å². The minimum absolute atomic E-state index is 0.0434. The van der Waals surface area contributed by atoms with Gasteiger partial charge in [-0.25, -0.2) is 0 Å². The second-order valence-electron chi connectivity index (χ2n) is 1.99. The van der Waals surface area contributed by atoms with E-state index in [0.29, 0.717) is 6.54 Å². The van der Waals surface area contributed by atoms with Crippen molar-refractivity contribution in [2.75, 3.05) is 13.6 Å². The lowest BCUT2D eigenvalue weighted by Gasteiger charge is -2.10. The highest BCUT2D eigenvalue weighted by Crippen LogP contribution is 1.85. The number of carbonyl (C=O) groups excluding carboxylic acids is 1. The van der Waals surface area contributed by atoms with Crippen LogP contribution in [0, 0.1) is 0 Å². The molecule has 0 bridgehead atoms. The number of hydrogen-bond donors (Lipinski definition) is 0. The molecule has 2 nitrogen and oxygen atoms in total. The number of hydrogen-bond acceptors (Lipinski definition) is 1. The molecule has 0 heterocycles. The van der Waals surface area contributed by atoms with Crippen LogP contribution in [-0.2, 0) is 4.79 Å². The van der Waals surface area contributed by atoms with Crippen molar-refractivity contribution in [2.45, 2.75) is 20.8 Å². The molecule has 0 rings (SSSR count). The first-order chi connectivity index (χ1) is 6.72. The van der Waals surface area contributed by atoms with E-state index < -0.39 is 0 Å². The largest absolute Gasteiger partial charge is 0.339 e. The second-order valence-corrected chi connectivity index (χ2v) is 1.99. The summed E-state index contributed by atoms with van der Waals surface area (Å²) in [6, 6.07) is 0. The highest BCUT2D eigenvalue weighted by atomic mass is 16.2. The first-order valence-electron chi connectivity index (χ1n) is 4.71. The lowest BCUT2D eigenvalue weighted by Crippen LogP contribution is -2.24. The summed E-state index contributed by atoms with van der Waals surface area (Å²) in [6.07, 6.45) is 5.14. The highest BCUT2D eigenvalue weighted by molar-refractivity contribution is 5.86. The summed E-state index contributed by atoms with van der Waals surface area (Å²) < 4.78 is 0. The topological polar surface area (TPSA) is 20.3 Å². The maximum Gasteiger partial charge on any atom is 0.245 e. The Hall–Kier alpha value is -1.31. The van der Waals surface area contributed by atoms with Gasteiger partial charge in [0.25, 0.3) is 0 Å². The monoisotopic (exact) mass is 197 g/mol. The maximum absolute atomic E-state index is 10.8. The third-order valence-corrected chi connectivity index (χ3v) is 1.17.